The molecule has 2 atom stereocenters. The van der Waals surface area contributed by atoms with Gasteiger partial charge in [-0.1, -0.05) is 12.5 Å². The number of likely N-dealkylation sites (tertiary alicyclic amines) is 1. The van der Waals surface area contributed by atoms with E-state index in [0.717, 1.165) is 18.6 Å². The van der Waals surface area contributed by atoms with Gasteiger partial charge in [0, 0.05) is 36.6 Å². The number of thiophene rings is 1. The molecular formula is C12H19ClN2S. The maximum Gasteiger partial charge on any atom is 0.0329 e. The molecule has 0 spiro atoms. The summed E-state index contributed by atoms with van der Waals surface area (Å²) in [7, 11) is 0. The van der Waals surface area contributed by atoms with Crippen molar-refractivity contribution >= 4 is 23.7 Å². The lowest BCUT2D eigenvalue weighted by molar-refractivity contribution is 0.120. The lowest BCUT2D eigenvalue weighted by Crippen LogP contribution is -2.58. The number of nitrogens with zero attached hydrogens (tertiary/aromatic N) is 1. The third-order valence-electron chi connectivity index (χ3n) is 3.49. The number of rotatable bonds is 2. The van der Waals surface area contributed by atoms with E-state index in [9.17, 15) is 0 Å². The molecule has 16 heavy (non-hydrogen) atoms. The molecule has 0 aromatic carbocycles. The number of halogens is 1. The predicted molar refractivity (Wildman–Crippen MR) is 71.4 cm³/mol. The van der Waals surface area contributed by atoms with Gasteiger partial charge in [-0.3, -0.25) is 4.90 Å². The maximum absolute atomic E-state index is 3.72. The summed E-state index contributed by atoms with van der Waals surface area (Å²) in [6, 6.07) is 5.93. The van der Waals surface area contributed by atoms with Crippen molar-refractivity contribution in [2.24, 2.45) is 0 Å². The van der Waals surface area contributed by atoms with E-state index in [1.54, 1.807) is 0 Å². The molecule has 0 aliphatic carbocycles. The number of hydrogen-bond donors (Lipinski definition) is 1. The van der Waals surface area contributed by atoms with Crippen LogP contribution in [0.3, 0.4) is 0 Å². The van der Waals surface area contributed by atoms with Gasteiger partial charge in [-0.2, -0.15) is 0 Å². The average molecular weight is 259 g/mol. The third-order valence-corrected chi connectivity index (χ3v) is 4.35. The van der Waals surface area contributed by atoms with Crippen LogP contribution in [0.4, 0.5) is 0 Å². The van der Waals surface area contributed by atoms with Gasteiger partial charge in [0.2, 0.25) is 0 Å². The van der Waals surface area contributed by atoms with Crippen LogP contribution in [0.1, 0.15) is 24.1 Å². The molecule has 2 fully saturated rings. The first-order valence-electron chi connectivity index (χ1n) is 5.91. The number of piperazine rings is 1. The Kier molecular flexibility index (Phi) is 4.25. The number of hydrogen-bond acceptors (Lipinski definition) is 3. The van der Waals surface area contributed by atoms with Gasteiger partial charge in [0.25, 0.3) is 0 Å². The molecule has 0 amide bonds. The van der Waals surface area contributed by atoms with Gasteiger partial charge in [0.15, 0.2) is 0 Å². The van der Waals surface area contributed by atoms with Crippen molar-refractivity contribution in [1.29, 1.82) is 0 Å². The normalized spacial score (nSPS) is 29.8. The molecule has 2 aliphatic rings. The summed E-state index contributed by atoms with van der Waals surface area (Å²) in [4.78, 5) is 4.13. The minimum atomic E-state index is 0. The topological polar surface area (TPSA) is 15.3 Å². The summed E-state index contributed by atoms with van der Waals surface area (Å²) >= 11 is 1.88. The molecule has 2 aliphatic heterocycles. The first-order valence-corrected chi connectivity index (χ1v) is 6.79. The lowest BCUT2D eigenvalue weighted by Gasteiger charge is -2.42. The highest BCUT2D eigenvalue weighted by atomic mass is 35.5. The summed E-state index contributed by atoms with van der Waals surface area (Å²) in [5, 5.41) is 5.90. The lowest BCUT2D eigenvalue weighted by atomic mass is 9.94. The number of nitrogens with one attached hydrogen (secondary N) is 1. The second-order valence-corrected chi connectivity index (χ2v) is 5.80. The summed E-state index contributed by atoms with van der Waals surface area (Å²) in [6.45, 7) is 3.65. The number of fused-ring (bicyclic) bond motifs is 2. The zero-order chi connectivity index (χ0) is 10.1. The Balaban J connectivity index is 0.000000963. The van der Waals surface area contributed by atoms with Gasteiger partial charge < -0.3 is 5.32 Å². The molecule has 1 aromatic rings. The van der Waals surface area contributed by atoms with E-state index in [1.807, 2.05) is 11.3 Å². The molecule has 3 heterocycles. The van der Waals surface area contributed by atoms with E-state index in [-0.39, 0.29) is 12.4 Å². The van der Waals surface area contributed by atoms with E-state index in [1.165, 1.54) is 37.2 Å². The second-order valence-electron chi connectivity index (χ2n) is 4.76. The van der Waals surface area contributed by atoms with E-state index < -0.39 is 0 Å². The van der Waals surface area contributed by atoms with Crippen LogP contribution in [0, 0.1) is 0 Å². The third kappa shape index (κ3) is 2.77. The quantitative estimate of drug-likeness (QED) is 0.877. The van der Waals surface area contributed by atoms with Crippen molar-refractivity contribution in [1.82, 2.24) is 10.2 Å². The first kappa shape index (κ1) is 12.4. The van der Waals surface area contributed by atoms with Gasteiger partial charge in [-0.25, -0.2) is 0 Å². The van der Waals surface area contributed by atoms with Crippen LogP contribution in [0.25, 0.3) is 0 Å². The average Bonchev–Trinajstić information content (AvgIpc) is 2.70. The second kappa shape index (κ2) is 5.50. The molecule has 2 nitrogen and oxygen atoms in total. The van der Waals surface area contributed by atoms with Crippen molar-refractivity contribution < 1.29 is 0 Å². The Morgan fingerprint density at radius 1 is 1.31 bits per heavy atom. The summed E-state index contributed by atoms with van der Waals surface area (Å²) in [6.07, 6.45) is 4.17. The Labute approximate surface area is 107 Å². The van der Waals surface area contributed by atoms with Gasteiger partial charge in [-0.05, 0) is 24.3 Å². The van der Waals surface area contributed by atoms with Gasteiger partial charge >= 0.3 is 0 Å². The maximum atomic E-state index is 3.72. The molecule has 3 rings (SSSR count). The van der Waals surface area contributed by atoms with Crippen LogP contribution in [0.5, 0.6) is 0 Å². The van der Waals surface area contributed by atoms with E-state index >= 15 is 0 Å². The molecule has 2 unspecified atom stereocenters. The SMILES string of the molecule is Cl.c1csc(CN2CC3CCCC(C2)N3)c1. The Morgan fingerprint density at radius 2 is 2.06 bits per heavy atom. The predicted octanol–water partition coefficient (Wildman–Crippen LogP) is 2.50. The highest BCUT2D eigenvalue weighted by Gasteiger charge is 2.29. The fraction of sp³-hybridized carbons (Fsp3) is 0.667. The molecule has 2 saturated heterocycles. The summed E-state index contributed by atoms with van der Waals surface area (Å²) in [5.41, 5.74) is 0. The smallest absolute Gasteiger partial charge is 0.0329 e. The Morgan fingerprint density at radius 3 is 2.69 bits per heavy atom. The van der Waals surface area contributed by atoms with Gasteiger partial charge in [0.1, 0.15) is 0 Å². The molecule has 4 heteroatoms. The largest absolute Gasteiger partial charge is 0.309 e. The van der Waals surface area contributed by atoms with Crippen molar-refractivity contribution in [2.45, 2.75) is 37.9 Å². The highest BCUT2D eigenvalue weighted by molar-refractivity contribution is 7.09. The van der Waals surface area contributed by atoms with Crippen LogP contribution in [0.15, 0.2) is 17.5 Å². The molecule has 2 bridgehead atoms. The van der Waals surface area contributed by atoms with E-state index in [4.69, 9.17) is 0 Å². The van der Waals surface area contributed by atoms with E-state index in [0.29, 0.717) is 0 Å². The van der Waals surface area contributed by atoms with Crippen LogP contribution >= 0.6 is 23.7 Å². The summed E-state index contributed by atoms with van der Waals surface area (Å²) < 4.78 is 0. The highest BCUT2D eigenvalue weighted by Crippen LogP contribution is 2.21. The minimum absolute atomic E-state index is 0. The van der Waals surface area contributed by atoms with Crippen molar-refractivity contribution in [3.05, 3.63) is 22.4 Å². The molecule has 90 valence electrons. The first-order chi connectivity index (χ1) is 7.40. The molecule has 1 N–H and O–H groups in total. The Bertz CT molecular complexity index is 303. The molecule has 0 saturated carbocycles. The number of piperidine rings is 1. The Hall–Kier alpha value is -0.0900. The fourth-order valence-corrected chi connectivity index (χ4v) is 3.59. The zero-order valence-electron chi connectivity index (χ0n) is 9.39. The monoisotopic (exact) mass is 258 g/mol. The van der Waals surface area contributed by atoms with E-state index in [2.05, 4.69) is 27.7 Å². The molecule has 1 aromatic heterocycles. The zero-order valence-corrected chi connectivity index (χ0v) is 11.0. The van der Waals surface area contributed by atoms with Gasteiger partial charge in [0.05, 0.1) is 0 Å². The standard InChI is InChI=1S/C12H18N2S.ClH/c1-3-10-7-14(8-11(4-1)13-10)9-12-5-2-6-15-12;/h2,5-6,10-11,13H,1,3-4,7-9H2;1H. The van der Waals surface area contributed by atoms with Crippen molar-refractivity contribution in [3.63, 3.8) is 0 Å². The van der Waals surface area contributed by atoms with Crippen LogP contribution in [-0.2, 0) is 6.54 Å². The van der Waals surface area contributed by atoms with Crippen LogP contribution < -0.4 is 5.32 Å². The minimum Gasteiger partial charge on any atom is -0.309 e. The molecule has 0 radical (unpaired) electrons. The van der Waals surface area contributed by atoms with Crippen LogP contribution in [-0.4, -0.2) is 30.1 Å². The molecular weight excluding hydrogens is 240 g/mol. The fourth-order valence-electron chi connectivity index (χ4n) is 2.85. The van der Waals surface area contributed by atoms with Gasteiger partial charge in [-0.15, -0.1) is 23.7 Å². The summed E-state index contributed by atoms with van der Waals surface area (Å²) in [5.74, 6) is 0. The van der Waals surface area contributed by atoms with Crippen molar-refractivity contribution in [3.8, 4) is 0 Å². The van der Waals surface area contributed by atoms with Crippen molar-refractivity contribution in [2.75, 3.05) is 13.1 Å². The van der Waals surface area contributed by atoms with Crippen LogP contribution in [0.2, 0.25) is 0 Å².